The third kappa shape index (κ3) is 2.35. The summed E-state index contributed by atoms with van der Waals surface area (Å²) in [6, 6.07) is 8.32. The normalized spacial score (nSPS) is 16.0. The van der Waals surface area contributed by atoms with Crippen LogP contribution in [0.2, 0.25) is 0 Å². The van der Waals surface area contributed by atoms with E-state index in [4.69, 9.17) is 0 Å². The molecule has 2 N–H and O–H groups in total. The number of aryl methyl sites for hydroxylation is 1. The molecular weight excluding hydrogens is 266 g/mol. The molecule has 3 rings (SSSR count). The van der Waals surface area contributed by atoms with Gasteiger partial charge in [0.1, 0.15) is 5.56 Å². The third-order valence-electron chi connectivity index (χ3n) is 4.15. The molecule has 0 amide bonds. The van der Waals surface area contributed by atoms with E-state index in [0.29, 0.717) is 29.5 Å². The zero-order chi connectivity index (χ0) is 15.0. The van der Waals surface area contributed by atoms with Crippen molar-refractivity contribution in [2.24, 2.45) is 0 Å². The largest absolute Gasteiger partial charge is 0.478 e. The molecule has 1 aliphatic rings. The molecule has 5 nitrogen and oxygen atoms in total. The molecule has 0 bridgehead atoms. The minimum Gasteiger partial charge on any atom is -0.478 e. The Morgan fingerprint density at radius 2 is 2.10 bits per heavy atom. The fourth-order valence-corrected chi connectivity index (χ4v) is 2.76. The van der Waals surface area contributed by atoms with Gasteiger partial charge in [-0.1, -0.05) is 24.3 Å². The van der Waals surface area contributed by atoms with Crippen LogP contribution in [-0.2, 0) is 6.42 Å². The van der Waals surface area contributed by atoms with Crippen molar-refractivity contribution in [2.75, 3.05) is 11.9 Å². The van der Waals surface area contributed by atoms with Crippen molar-refractivity contribution in [3.8, 4) is 0 Å². The van der Waals surface area contributed by atoms with Crippen molar-refractivity contribution in [3.63, 3.8) is 0 Å². The number of aromatic carboxylic acids is 1. The van der Waals surface area contributed by atoms with Crippen LogP contribution in [0.3, 0.4) is 0 Å². The molecule has 108 valence electrons. The maximum absolute atomic E-state index is 11.4. The van der Waals surface area contributed by atoms with Gasteiger partial charge in [0, 0.05) is 12.5 Å². The third-order valence-corrected chi connectivity index (χ3v) is 4.15. The van der Waals surface area contributed by atoms with E-state index in [1.165, 1.54) is 11.1 Å². The molecule has 1 atom stereocenters. The lowest BCUT2D eigenvalue weighted by atomic mass is 9.77. The average Bonchev–Trinajstić information content (AvgIpc) is 2.43. The van der Waals surface area contributed by atoms with Gasteiger partial charge in [-0.3, -0.25) is 0 Å². The highest BCUT2D eigenvalue weighted by Gasteiger charge is 2.26. The number of hydrogen-bond donors (Lipinski definition) is 2. The fraction of sp³-hybridized carbons (Fsp3) is 0.312. The van der Waals surface area contributed by atoms with Crippen molar-refractivity contribution in [2.45, 2.75) is 26.2 Å². The number of aromatic nitrogens is 2. The molecule has 0 radical (unpaired) electrons. The summed E-state index contributed by atoms with van der Waals surface area (Å²) in [7, 11) is 0. The number of rotatable bonds is 4. The van der Waals surface area contributed by atoms with Gasteiger partial charge < -0.3 is 10.4 Å². The van der Waals surface area contributed by atoms with Crippen molar-refractivity contribution < 1.29 is 9.90 Å². The second-order valence-corrected chi connectivity index (χ2v) is 5.42. The molecule has 0 spiro atoms. The molecule has 1 aromatic carbocycles. The molecule has 21 heavy (non-hydrogen) atoms. The first kappa shape index (κ1) is 13.5. The number of carboxylic acid groups (broad SMARTS) is 1. The Hall–Kier alpha value is -2.43. The summed E-state index contributed by atoms with van der Waals surface area (Å²) >= 11 is 0. The Morgan fingerprint density at radius 3 is 2.81 bits per heavy atom. The lowest BCUT2D eigenvalue weighted by Crippen LogP contribution is -2.25. The number of anilines is 1. The second kappa shape index (κ2) is 5.16. The van der Waals surface area contributed by atoms with Gasteiger partial charge in [-0.25, -0.2) is 4.79 Å². The number of nitrogens with zero attached hydrogens (tertiary/aromatic N) is 2. The van der Waals surface area contributed by atoms with Crippen LogP contribution in [0.5, 0.6) is 0 Å². The smallest absolute Gasteiger partial charge is 0.339 e. The molecule has 0 aliphatic heterocycles. The highest BCUT2D eigenvalue weighted by Crippen LogP contribution is 2.34. The summed E-state index contributed by atoms with van der Waals surface area (Å²) in [6.45, 7) is 4.20. The number of carboxylic acids is 1. The molecule has 1 aliphatic carbocycles. The van der Waals surface area contributed by atoms with E-state index in [-0.39, 0.29) is 5.56 Å². The highest BCUT2D eigenvalue weighted by molar-refractivity contribution is 5.94. The zero-order valence-electron chi connectivity index (χ0n) is 12.1. The minimum atomic E-state index is -0.970. The molecule has 1 heterocycles. The van der Waals surface area contributed by atoms with Crippen LogP contribution < -0.4 is 5.32 Å². The first-order valence-electron chi connectivity index (χ1n) is 6.96. The van der Waals surface area contributed by atoms with E-state index in [2.05, 4.69) is 27.6 Å². The number of carbonyl (C=O) groups is 1. The first-order valence-corrected chi connectivity index (χ1v) is 6.96. The lowest BCUT2D eigenvalue weighted by Gasteiger charge is -2.30. The summed E-state index contributed by atoms with van der Waals surface area (Å²) in [5, 5.41) is 20.5. The van der Waals surface area contributed by atoms with E-state index in [1.807, 2.05) is 12.1 Å². The molecule has 0 saturated heterocycles. The van der Waals surface area contributed by atoms with Gasteiger partial charge in [0.05, 0.1) is 5.69 Å². The van der Waals surface area contributed by atoms with Crippen LogP contribution in [0.4, 0.5) is 5.82 Å². The Labute approximate surface area is 123 Å². The SMILES string of the molecule is Cc1nnc(NCC2Cc3ccccc32)c(C(=O)O)c1C. The molecule has 0 fully saturated rings. The van der Waals surface area contributed by atoms with E-state index in [0.717, 1.165) is 6.42 Å². The van der Waals surface area contributed by atoms with Gasteiger partial charge in [-0.2, -0.15) is 5.10 Å². The Bertz CT molecular complexity index is 713. The monoisotopic (exact) mass is 283 g/mol. The molecule has 2 aromatic rings. The standard InChI is InChI=1S/C16H17N3O2/c1-9-10(2)18-19-15(14(9)16(20)21)17-8-12-7-11-5-3-4-6-13(11)12/h3-6,12H,7-8H2,1-2H3,(H,17,19)(H,20,21). The van der Waals surface area contributed by atoms with Crippen molar-refractivity contribution in [1.82, 2.24) is 10.2 Å². The first-order chi connectivity index (χ1) is 10.1. The van der Waals surface area contributed by atoms with Crippen molar-refractivity contribution in [1.29, 1.82) is 0 Å². The van der Waals surface area contributed by atoms with E-state index < -0.39 is 5.97 Å². The quantitative estimate of drug-likeness (QED) is 0.902. The van der Waals surface area contributed by atoms with Crippen LogP contribution in [-0.4, -0.2) is 27.8 Å². The van der Waals surface area contributed by atoms with Gasteiger partial charge in [0.15, 0.2) is 5.82 Å². The molecule has 1 unspecified atom stereocenters. The van der Waals surface area contributed by atoms with Gasteiger partial charge >= 0.3 is 5.97 Å². The fourth-order valence-electron chi connectivity index (χ4n) is 2.76. The van der Waals surface area contributed by atoms with Crippen LogP contribution in [0, 0.1) is 13.8 Å². The minimum absolute atomic E-state index is 0.218. The molecular formula is C16H17N3O2. The summed E-state index contributed by atoms with van der Waals surface area (Å²) < 4.78 is 0. The summed E-state index contributed by atoms with van der Waals surface area (Å²) in [6.07, 6.45) is 1.02. The molecule has 5 heteroatoms. The van der Waals surface area contributed by atoms with E-state index in [9.17, 15) is 9.90 Å². The summed E-state index contributed by atoms with van der Waals surface area (Å²) in [4.78, 5) is 11.4. The number of nitrogens with one attached hydrogen (secondary N) is 1. The summed E-state index contributed by atoms with van der Waals surface area (Å²) in [5.41, 5.74) is 4.23. The van der Waals surface area contributed by atoms with Crippen LogP contribution in [0.25, 0.3) is 0 Å². The molecule has 1 aromatic heterocycles. The van der Waals surface area contributed by atoms with Crippen LogP contribution in [0.15, 0.2) is 24.3 Å². The highest BCUT2D eigenvalue weighted by atomic mass is 16.4. The Morgan fingerprint density at radius 1 is 1.33 bits per heavy atom. The average molecular weight is 283 g/mol. The predicted molar refractivity (Wildman–Crippen MR) is 79.8 cm³/mol. The molecule has 0 saturated carbocycles. The van der Waals surface area contributed by atoms with Crippen molar-refractivity contribution >= 4 is 11.8 Å². The lowest BCUT2D eigenvalue weighted by molar-refractivity contribution is 0.0696. The number of benzene rings is 1. The maximum atomic E-state index is 11.4. The van der Waals surface area contributed by atoms with Crippen LogP contribution in [0.1, 0.15) is 38.7 Å². The summed E-state index contributed by atoms with van der Waals surface area (Å²) in [5.74, 6) is -0.205. The van der Waals surface area contributed by atoms with E-state index >= 15 is 0 Å². The maximum Gasteiger partial charge on any atom is 0.339 e. The van der Waals surface area contributed by atoms with Crippen molar-refractivity contribution in [3.05, 3.63) is 52.2 Å². The van der Waals surface area contributed by atoms with Crippen LogP contribution >= 0.6 is 0 Å². The Kier molecular flexibility index (Phi) is 3.33. The van der Waals surface area contributed by atoms with Gasteiger partial charge in [-0.05, 0) is 37.0 Å². The van der Waals surface area contributed by atoms with Gasteiger partial charge in [0.25, 0.3) is 0 Å². The van der Waals surface area contributed by atoms with E-state index in [1.54, 1.807) is 13.8 Å². The second-order valence-electron chi connectivity index (χ2n) is 5.42. The topological polar surface area (TPSA) is 75.1 Å². The zero-order valence-corrected chi connectivity index (χ0v) is 12.1. The predicted octanol–water partition coefficient (Wildman–Crippen LogP) is 2.54. The number of hydrogen-bond acceptors (Lipinski definition) is 4. The van der Waals surface area contributed by atoms with Gasteiger partial charge in [0.2, 0.25) is 0 Å². The number of fused-ring (bicyclic) bond motifs is 1. The van der Waals surface area contributed by atoms with Gasteiger partial charge in [-0.15, -0.1) is 5.10 Å². The Balaban J connectivity index is 1.78.